The first-order valence-corrected chi connectivity index (χ1v) is 6.41. The van der Waals surface area contributed by atoms with Crippen LogP contribution in [0.5, 0.6) is 0 Å². The molecule has 110 valence electrons. The molecule has 0 radical (unpaired) electrons. The van der Waals surface area contributed by atoms with Gasteiger partial charge in [0.25, 0.3) is 0 Å². The Morgan fingerprint density at radius 1 is 1.37 bits per heavy atom. The molecule has 0 N–H and O–H groups in total. The van der Waals surface area contributed by atoms with Gasteiger partial charge in [-0.15, -0.1) is 0 Å². The molecule has 0 bridgehead atoms. The molecule has 0 fully saturated rings. The predicted octanol–water partition coefficient (Wildman–Crippen LogP) is 5.41. The van der Waals surface area contributed by atoms with Crippen molar-refractivity contribution in [3.63, 3.8) is 0 Å². The van der Waals surface area contributed by atoms with E-state index in [0.29, 0.717) is 24.5 Å². The predicted molar refractivity (Wildman–Crippen MR) is 72.7 cm³/mol. The van der Waals surface area contributed by atoms with E-state index in [-0.39, 0.29) is 0 Å². The molecule has 0 aromatic heterocycles. The average molecular weight is 276 g/mol. The minimum Gasteiger partial charge on any atom is -0.488 e. The maximum Gasteiger partial charge on any atom is 0.422 e. The smallest absolute Gasteiger partial charge is 0.422 e. The van der Waals surface area contributed by atoms with E-state index in [1.807, 2.05) is 13.8 Å². The molecule has 0 aliphatic heterocycles. The van der Waals surface area contributed by atoms with Crippen LogP contribution in [0.25, 0.3) is 0 Å². The molecule has 0 aromatic rings. The van der Waals surface area contributed by atoms with Crippen LogP contribution >= 0.6 is 0 Å². The van der Waals surface area contributed by atoms with Crippen molar-refractivity contribution in [2.75, 3.05) is 6.61 Å². The summed E-state index contributed by atoms with van der Waals surface area (Å²) in [6, 6.07) is 0. The van der Waals surface area contributed by atoms with E-state index in [0.717, 1.165) is 12.0 Å². The number of ether oxygens (including phenoxy) is 1. The van der Waals surface area contributed by atoms with E-state index in [4.69, 9.17) is 4.74 Å². The van der Waals surface area contributed by atoms with Gasteiger partial charge in [0.1, 0.15) is 0 Å². The van der Waals surface area contributed by atoms with Crippen LogP contribution in [-0.4, -0.2) is 12.8 Å². The van der Waals surface area contributed by atoms with E-state index in [2.05, 4.69) is 13.5 Å². The van der Waals surface area contributed by atoms with Crippen molar-refractivity contribution in [3.05, 3.63) is 36.1 Å². The second kappa shape index (κ2) is 8.83. The summed E-state index contributed by atoms with van der Waals surface area (Å²) in [4.78, 5) is 0. The zero-order valence-corrected chi connectivity index (χ0v) is 11.9. The molecule has 1 unspecified atom stereocenters. The average Bonchev–Trinajstić information content (AvgIpc) is 2.30. The van der Waals surface area contributed by atoms with Crippen LogP contribution in [0.1, 0.15) is 40.0 Å². The van der Waals surface area contributed by atoms with Gasteiger partial charge in [-0.25, -0.2) is 0 Å². The number of rotatable bonds is 8. The Kier molecular flexibility index (Phi) is 8.28. The highest BCUT2D eigenvalue weighted by atomic mass is 19.4. The Labute approximate surface area is 113 Å². The molecular formula is C15H23F3O. The molecule has 19 heavy (non-hydrogen) atoms. The highest BCUT2D eigenvalue weighted by molar-refractivity contribution is 5.02. The summed E-state index contributed by atoms with van der Waals surface area (Å²) in [6.45, 7) is 8.46. The lowest BCUT2D eigenvalue weighted by Crippen LogP contribution is -2.16. The lowest BCUT2D eigenvalue weighted by Gasteiger charge is -2.13. The van der Waals surface area contributed by atoms with Gasteiger partial charge in [0.05, 0.1) is 5.76 Å². The molecule has 1 nitrogen and oxygen atoms in total. The summed E-state index contributed by atoms with van der Waals surface area (Å²) in [5, 5.41) is 0. The number of hydrogen-bond donors (Lipinski definition) is 0. The highest BCUT2D eigenvalue weighted by Gasteiger charge is 2.28. The third-order valence-electron chi connectivity index (χ3n) is 2.79. The van der Waals surface area contributed by atoms with Crippen molar-refractivity contribution in [3.8, 4) is 0 Å². The van der Waals surface area contributed by atoms with Gasteiger partial charge in [-0.1, -0.05) is 31.2 Å². The first kappa shape index (κ1) is 17.8. The van der Waals surface area contributed by atoms with E-state index in [1.54, 1.807) is 18.2 Å². The van der Waals surface area contributed by atoms with Crippen LogP contribution in [0.4, 0.5) is 13.2 Å². The molecule has 4 heteroatoms. The Hall–Kier alpha value is -1.19. The number of hydrogen-bond acceptors (Lipinski definition) is 1. The molecule has 0 aliphatic rings. The van der Waals surface area contributed by atoms with Gasteiger partial charge in [-0.3, -0.25) is 0 Å². The first-order valence-electron chi connectivity index (χ1n) is 6.41. The largest absolute Gasteiger partial charge is 0.488 e. The van der Waals surface area contributed by atoms with Gasteiger partial charge in [0.15, 0.2) is 6.61 Å². The van der Waals surface area contributed by atoms with Gasteiger partial charge >= 0.3 is 6.18 Å². The molecule has 0 rings (SSSR count). The van der Waals surface area contributed by atoms with Crippen LogP contribution < -0.4 is 0 Å². The van der Waals surface area contributed by atoms with E-state index >= 15 is 0 Å². The van der Waals surface area contributed by atoms with Crippen molar-refractivity contribution in [1.82, 2.24) is 0 Å². The fourth-order valence-electron chi connectivity index (χ4n) is 1.35. The van der Waals surface area contributed by atoms with Crippen LogP contribution in [0, 0.1) is 5.92 Å². The summed E-state index contributed by atoms with van der Waals surface area (Å²) in [5.74, 6) is 0.742. The van der Waals surface area contributed by atoms with Crippen LogP contribution in [0.2, 0.25) is 0 Å². The van der Waals surface area contributed by atoms with Crippen molar-refractivity contribution in [2.45, 2.75) is 46.2 Å². The molecule has 0 amide bonds. The molecule has 0 heterocycles. The third kappa shape index (κ3) is 10.4. The monoisotopic (exact) mass is 276 g/mol. The van der Waals surface area contributed by atoms with Crippen LogP contribution in [0.3, 0.4) is 0 Å². The van der Waals surface area contributed by atoms with Crippen LogP contribution in [0.15, 0.2) is 36.1 Å². The Morgan fingerprint density at radius 3 is 2.47 bits per heavy atom. The number of alkyl halides is 3. The summed E-state index contributed by atoms with van der Waals surface area (Å²) in [5.41, 5.74) is 1.08. The molecule has 0 aliphatic carbocycles. The quantitative estimate of drug-likeness (QED) is 0.425. The van der Waals surface area contributed by atoms with Gasteiger partial charge in [-0.2, -0.15) is 13.2 Å². The lowest BCUT2D eigenvalue weighted by atomic mass is 9.98. The van der Waals surface area contributed by atoms with Gasteiger partial charge in [0.2, 0.25) is 0 Å². The Balaban J connectivity index is 4.35. The molecule has 0 saturated carbocycles. The van der Waals surface area contributed by atoms with Crippen molar-refractivity contribution >= 4 is 0 Å². The topological polar surface area (TPSA) is 9.23 Å². The summed E-state index contributed by atoms with van der Waals surface area (Å²) in [6.07, 6.45) is 2.98. The highest BCUT2D eigenvalue weighted by Crippen LogP contribution is 2.20. The summed E-state index contributed by atoms with van der Waals surface area (Å²) in [7, 11) is 0. The van der Waals surface area contributed by atoms with Crippen molar-refractivity contribution < 1.29 is 17.9 Å². The molecule has 1 atom stereocenters. The van der Waals surface area contributed by atoms with E-state index < -0.39 is 12.8 Å². The first-order chi connectivity index (χ1) is 8.76. The fourth-order valence-corrected chi connectivity index (χ4v) is 1.35. The normalized spacial score (nSPS) is 14.7. The van der Waals surface area contributed by atoms with Crippen LogP contribution in [-0.2, 0) is 4.74 Å². The second-order valence-electron chi connectivity index (χ2n) is 4.67. The number of halogens is 3. The summed E-state index contributed by atoms with van der Waals surface area (Å²) < 4.78 is 41.2. The van der Waals surface area contributed by atoms with Crippen molar-refractivity contribution in [1.29, 1.82) is 0 Å². The Morgan fingerprint density at radius 2 is 2.00 bits per heavy atom. The SMILES string of the molecule is C=C(C)C(C)CCC=C(CC=CC)OCC(F)(F)F. The van der Waals surface area contributed by atoms with Gasteiger partial charge in [-0.05, 0) is 38.7 Å². The van der Waals surface area contributed by atoms with E-state index in [9.17, 15) is 13.2 Å². The number of allylic oxidation sites excluding steroid dienone is 4. The van der Waals surface area contributed by atoms with Gasteiger partial charge < -0.3 is 4.74 Å². The zero-order chi connectivity index (χ0) is 14.9. The molecule has 0 saturated heterocycles. The molecular weight excluding hydrogens is 253 g/mol. The summed E-state index contributed by atoms with van der Waals surface area (Å²) >= 11 is 0. The Bertz CT molecular complexity index is 327. The van der Waals surface area contributed by atoms with Crippen molar-refractivity contribution in [2.24, 2.45) is 5.92 Å². The maximum atomic E-state index is 12.1. The van der Waals surface area contributed by atoms with E-state index in [1.165, 1.54) is 0 Å². The standard InChI is InChI=1S/C15H23F3O/c1-5-6-9-14(19-11-15(16,17)18)10-7-8-13(4)12(2)3/h5-6,10,13H,2,7-9,11H2,1,3-4H3. The minimum atomic E-state index is -4.29. The fraction of sp³-hybridized carbons (Fsp3) is 0.600. The molecule has 0 aromatic carbocycles. The third-order valence-corrected chi connectivity index (χ3v) is 2.79. The lowest BCUT2D eigenvalue weighted by molar-refractivity contribution is -0.165. The van der Waals surface area contributed by atoms with Gasteiger partial charge in [0, 0.05) is 6.42 Å². The molecule has 0 spiro atoms. The zero-order valence-electron chi connectivity index (χ0n) is 11.9. The minimum absolute atomic E-state index is 0.363. The second-order valence-corrected chi connectivity index (χ2v) is 4.67. The maximum absolute atomic E-state index is 12.1.